The second-order valence-electron chi connectivity index (χ2n) is 5.39. The molecule has 2 heterocycles. The quantitative estimate of drug-likeness (QED) is 0.860. The molecule has 2 rings (SSSR count). The normalized spacial score (nSPS) is 16.9. The molecule has 0 bridgehead atoms. The molecular formula is C14H20F3N3O2. The lowest BCUT2D eigenvalue weighted by Crippen LogP contribution is -2.45. The molecule has 0 unspecified atom stereocenters. The van der Waals surface area contributed by atoms with Crippen molar-refractivity contribution in [1.29, 1.82) is 0 Å². The standard InChI is InChI=1S/C14H20F3N3O2/c1-4-20-9(2)11(12(18-20)22-3)10-5-7-19(8-6-10)13(21)14(15,16)17/h10H,4-8H2,1-3H3. The van der Waals surface area contributed by atoms with E-state index in [0.717, 1.165) is 16.2 Å². The van der Waals surface area contributed by atoms with Gasteiger partial charge in [0.1, 0.15) is 0 Å². The Kier molecular flexibility index (Phi) is 4.67. The van der Waals surface area contributed by atoms with E-state index in [1.165, 1.54) is 7.11 Å². The van der Waals surface area contributed by atoms with Crippen molar-refractivity contribution in [3.8, 4) is 5.88 Å². The lowest BCUT2D eigenvalue weighted by Gasteiger charge is -2.32. The van der Waals surface area contributed by atoms with E-state index in [1.807, 2.05) is 18.5 Å². The van der Waals surface area contributed by atoms with Crippen molar-refractivity contribution in [2.24, 2.45) is 0 Å². The molecule has 1 amide bonds. The van der Waals surface area contributed by atoms with Gasteiger partial charge in [-0.15, -0.1) is 5.10 Å². The van der Waals surface area contributed by atoms with Crippen molar-refractivity contribution in [2.75, 3.05) is 20.2 Å². The highest BCUT2D eigenvalue weighted by Crippen LogP contribution is 2.36. The molecule has 0 saturated carbocycles. The summed E-state index contributed by atoms with van der Waals surface area (Å²) < 4.78 is 44.5. The summed E-state index contributed by atoms with van der Waals surface area (Å²) in [7, 11) is 1.54. The zero-order valence-electron chi connectivity index (χ0n) is 12.9. The molecule has 1 aromatic rings. The maximum Gasteiger partial charge on any atom is 0.471 e. The van der Waals surface area contributed by atoms with Crippen molar-refractivity contribution in [3.05, 3.63) is 11.3 Å². The zero-order valence-corrected chi connectivity index (χ0v) is 12.9. The number of halogens is 3. The van der Waals surface area contributed by atoms with Crippen LogP contribution in [0, 0.1) is 6.92 Å². The number of nitrogens with zero attached hydrogens (tertiary/aromatic N) is 3. The SMILES string of the molecule is CCn1nc(OC)c(C2CCN(C(=O)C(F)(F)F)CC2)c1C. The number of rotatable bonds is 3. The molecule has 0 aliphatic carbocycles. The number of alkyl halides is 3. The third-order valence-electron chi connectivity index (χ3n) is 4.14. The van der Waals surface area contributed by atoms with Crippen LogP contribution in [0.1, 0.15) is 36.9 Å². The number of hydrogen-bond donors (Lipinski definition) is 0. The molecule has 0 aromatic carbocycles. The van der Waals surface area contributed by atoms with E-state index in [4.69, 9.17) is 4.74 Å². The van der Waals surface area contributed by atoms with Gasteiger partial charge in [0.15, 0.2) is 0 Å². The van der Waals surface area contributed by atoms with E-state index in [9.17, 15) is 18.0 Å². The summed E-state index contributed by atoms with van der Waals surface area (Å²) in [4.78, 5) is 12.1. The Labute approximate surface area is 127 Å². The molecule has 8 heteroatoms. The molecule has 0 spiro atoms. The lowest BCUT2D eigenvalue weighted by atomic mass is 9.89. The first kappa shape index (κ1) is 16.6. The zero-order chi connectivity index (χ0) is 16.5. The number of amides is 1. The van der Waals surface area contributed by atoms with E-state index in [0.29, 0.717) is 25.3 Å². The van der Waals surface area contributed by atoms with Crippen LogP contribution in [-0.4, -0.2) is 47.0 Å². The van der Waals surface area contributed by atoms with Gasteiger partial charge in [0.25, 0.3) is 0 Å². The summed E-state index contributed by atoms with van der Waals surface area (Å²) in [5.41, 5.74) is 1.92. The number of carbonyl (C=O) groups is 1. The number of carbonyl (C=O) groups excluding carboxylic acids is 1. The van der Waals surface area contributed by atoms with Gasteiger partial charge < -0.3 is 9.64 Å². The summed E-state index contributed by atoms with van der Waals surface area (Å²) in [6.07, 6.45) is -3.84. The van der Waals surface area contributed by atoms with Crippen LogP contribution in [0.3, 0.4) is 0 Å². The summed E-state index contributed by atoms with van der Waals surface area (Å²) in [6, 6.07) is 0. The fourth-order valence-corrected chi connectivity index (χ4v) is 3.01. The van der Waals surface area contributed by atoms with Crippen LogP contribution < -0.4 is 4.74 Å². The molecule has 0 N–H and O–H groups in total. The van der Waals surface area contributed by atoms with Gasteiger partial charge in [0.05, 0.1) is 7.11 Å². The van der Waals surface area contributed by atoms with Crippen molar-refractivity contribution in [1.82, 2.24) is 14.7 Å². The Morgan fingerprint density at radius 3 is 2.41 bits per heavy atom. The Bertz CT molecular complexity index is 546. The number of hydrogen-bond acceptors (Lipinski definition) is 3. The first-order valence-corrected chi connectivity index (χ1v) is 7.27. The highest BCUT2D eigenvalue weighted by Gasteiger charge is 2.43. The second kappa shape index (κ2) is 6.18. The van der Waals surface area contributed by atoms with Gasteiger partial charge in [-0.3, -0.25) is 9.48 Å². The van der Waals surface area contributed by atoms with Crippen molar-refractivity contribution >= 4 is 5.91 Å². The first-order chi connectivity index (χ1) is 10.3. The molecule has 0 radical (unpaired) electrons. The lowest BCUT2D eigenvalue weighted by molar-refractivity contribution is -0.186. The largest absolute Gasteiger partial charge is 0.480 e. The number of likely N-dealkylation sites (tertiary alicyclic amines) is 1. The Hall–Kier alpha value is -1.73. The maximum atomic E-state index is 12.5. The highest BCUT2D eigenvalue weighted by molar-refractivity contribution is 5.81. The summed E-state index contributed by atoms with van der Waals surface area (Å²) >= 11 is 0. The number of methoxy groups -OCH3 is 1. The molecule has 1 aliphatic rings. The van der Waals surface area contributed by atoms with Crippen LogP contribution in [-0.2, 0) is 11.3 Å². The number of aromatic nitrogens is 2. The predicted molar refractivity (Wildman–Crippen MR) is 73.8 cm³/mol. The van der Waals surface area contributed by atoms with Crippen LogP contribution in [0.5, 0.6) is 5.88 Å². The van der Waals surface area contributed by atoms with E-state index in [-0.39, 0.29) is 19.0 Å². The van der Waals surface area contributed by atoms with Crippen LogP contribution in [0.2, 0.25) is 0 Å². The van der Waals surface area contributed by atoms with Crippen LogP contribution in [0.25, 0.3) is 0 Å². The highest BCUT2D eigenvalue weighted by atomic mass is 19.4. The Morgan fingerprint density at radius 2 is 1.95 bits per heavy atom. The number of aryl methyl sites for hydroxylation is 1. The van der Waals surface area contributed by atoms with Gasteiger partial charge in [-0.2, -0.15) is 13.2 Å². The van der Waals surface area contributed by atoms with Gasteiger partial charge in [-0.25, -0.2) is 0 Å². The van der Waals surface area contributed by atoms with E-state index in [1.54, 1.807) is 0 Å². The van der Waals surface area contributed by atoms with Crippen LogP contribution >= 0.6 is 0 Å². The minimum Gasteiger partial charge on any atom is -0.480 e. The second-order valence-corrected chi connectivity index (χ2v) is 5.39. The third kappa shape index (κ3) is 3.05. The molecule has 5 nitrogen and oxygen atoms in total. The summed E-state index contributed by atoms with van der Waals surface area (Å²) in [5.74, 6) is -1.16. The number of ether oxygens (including phenoxy) is 1. The van der Waals surface area contributed by atoms with Crippen molar-refractivity contribution < 1.29 is 22.7 Å². The van der Waals surface area contributed by atoms with Gasteiger partial charge in [0.2, 0.25) is 5.88 Å². The smallest absolute Gasteiger partial charge is 0.471 e. The molecule has 1 aliphatic heterocycles. The van der Waals surface area contributed by atoms with Crippen molar-refractivity contribution in [3.63, 3.8) is 0 Å². The third-order valence-corrected chi connectivity index (χ3v) is 4.14. The Morgan fingerprint density at radius 1 is 1.36 bits per heavy atom. The Balaban J connectivity index is 2.12. The minimum atomic E-state index is -4.80. The van der Waals surface area contributed by atoms with E-state index >= 15 is 0 Å². The van der Waals surface area contributed by atoms with Crippen molar-refractivity contribution in [2.45, 2.75) is 45.3 Å². The molecule has 1 saturated heterocycles. The van der Waals surface area contributed by atoms with Crippen LogP contribution in [0.4, 0.5) is 13.2 Å². The maximum absolute atomic E-state index is 12.5. The van der Waals surface area contributed by atoms with Gasteiger partial charge >= 0.3 is 12.1 Å². The predicted octanol–water partition coefficient (Wildman–Crippen LogP) is 2.49. The minimum absolute atomic E-state index is 0.0625. The number of piperidine rings is 1. The fourth-order valence-electron chi connectivity index (χ4n) is 3.01. The van der Waals surface area contributed by atoms with Gasteiger partial charge in [-0.05, 0) is 32.6 Å². The summed E-state index contributed by atoms with van der Waals surface area (Å²) in [6.45, 7) is 4.80. The molecule has 22 heavy (non-hydrogen) atoms. The monoisotopic (exact) mass is 319 g/mol. The van der Waals surface area contributed by atoms with Crippen LogP contribution in [0.15, 0.2) is 0 Å². The molecule has 1 aromatic heterocycles. The topological polar surface area (TPSA) is 47.4 Å². The molecule has 0 atom stereocenters. The van der Waals surface area contributed by atoms with Gasteiger partial charge in [0, 0.05) is 30.9 Å². The average molecular weight is 319 g/mol. The van der Waals surface area contributed by atoms with E-state index < -0.39 is 12.1 Å². The summed E-state index contributed by atoms with van der Waals surface area (Å²) in [5, 5.41) is 4.35. The molecule has 1 fully saturated rings. The first-order valence-electron chi connectivity index (χ1n) is 7.27. The van der Waals surface area contributed by atoms with E-state index in [2.05, 4.69) is 5.10 Å². The fraction of sp³-hybridized carbons (Fsp3) is 0.714. The molecular weight excluding hydrogens is 299 g/mol. The average Bonchev–Trinajstić information content (AvgIpc) is 2.81. The van der Waals surface area contributed by atoms with Gasteiger partial charge in [-0.1, -0.05) is 0 Å². The molecule has 124 valence electrons.